The summed E-state index contributed by atoms with van der Waals surface area (Å²) < 4.78 is 73.2. The molecule has 0 amide bonds. The predicted octanol–water partition coefficient (Wildman–Crippen LogP) is 2.84. The number of nitrogens with zero attached hydrogens (tertiary/aromatic N) is 4. The summed E-state index contributed by atoms with van der Waals surface area (Å²) in [6.45, 7) is 1.13. The van der Waals surface area contributed by atoms with Crippen molar-refractivity contribution in [1.29, 1.82) is 0 Å². The maximum absolute atomic E-state index is 13.1. The zero-order chi connectivity index (χ0) is 21.5. The van der Waals surface area contributed by atoms with E-state index in [0.717, 1.165) is 0 Å². The van der Waals surface area contributed by atoms with Gasteiger partial charge in [-0.2, -0.15) is 13.2 Å². The molecule has 160 valence electrons. The Morgan fingerprint density at radius 3 is 2.60 bits per heavy atom. The van der Waals surface area contributed by atoms with Crippen LogP contribution in [0.3, 0.4) is 0 Å². The van der Waals surface area contributed by atoms with Gasteiger partial charge in [0.15, 0.2) is 5.89 Å². The zero-order valence-corrected chi connectivity index (χ0v) is 16.7. The molecule has 0 saturated heterocycles. The van der Waals surface area contributed by atoms with Crippen LogP contribution in [-0.4, -0.2) is 34.3 Å². The van der Waals surface area contributed by atoms with Crippen LogP contribution in [0, 0.1) is 12.8 Å². The highest BCUT2D eigenvalue weighted by atomic mass is 32.2. The average molecular weight is 441 g/mol. The van der Waals surface area contributed by atoms with Gasteiger partial charge in [0.25, 0.3) is 0 Å². The van der Waals surface area contributed by atoms with Crippen LogP contribution in [0.5, 0.6) is 0 Å². The summed E-state index contributed by atoms with van der Waals surface area (Å²) >= 11 is 0. The largest absolute Gasteiger partial charge is 0.449 e. The summed E-state index contributed by atoms with van der Waals surface area (Å²) in [4.78, 5) is 4.19. The number of aryl methyl sites for hydroxylation is 2. The van der Waals surface area contributed by atoms with Crippen LogP contribution in [0.15, 0.2) is 39.8 Å². The van der Waals surface area contributed by atoms with E-state index in [1.165, 1.54) is 23.0 Å². The van der Waals surface area contributed by atoms with Crippen LogP contribution in [0.25, 0.3) is 11.3 Å². The lowest BCUT2D eigenvalue weighted by atomic mass is 9.99. The van der Waals surface area contributed by atoms with E-state index >= 15 is 0 Å². The minimum absolute atomic E-state index is 0.0121. The van der Waals surface area contributed by atoms with Crippen molar-refractivity contribution in [3.05, 3.63) is 48.1 Å². The minimum Gasteiger partial charge on any atom is -0.449 e. The van der Waals surface area contributed by atoms with Crippen LogP contribution in [-0.2, 0) is 29.5 Å². The fraction of sp³-hybridized carbons (Fsp3) is 0.389. The first-order valence-electron chi connectivity index (χ1n) is 9.13. The van der Waals surface area contributed by atoms with Gasteiger partial charge in [0.1, 0.15) is 23.6 Å². The van der Waals surface area contributed by atoms with Crippen LogP contribution in [0.4, 0.5) is 13.2 Å². The van der Waals surface area contributed by atoms with Gasteiger partial charge in [-0.1, -0.05) is 12.1 Å². The number of hydrogen-bond donors (Lipinski definition) is 1. The number of aromatic nitrogens is 4. The van der Waals surface area contributed by atoms with Crippen molar-refractivity contribution < 1.29 is 26.0 Å². The molecule has 8 nitrogen and oxygen atoms in total. The first-order chi connectivity index (χ1) is 14.1. The monoisotopic (exact) mass is 441 g/mol. The van der Waals surface area contributed by atoms with E-state index < -0.39 is 22.1 Å². The predicted molar refractivity (Wildman–Crippen MR) is 98.6 cm³/mol. The van der Waals surface area contributed by atoms with Gasteiger partial charge in [-0.25, -0.2) is 18.1 Å². The molecule has 12 heteroatoms. The van der Waals surface area contributed by atoms with Crippen molar-refractivity contribution in [3.8, 4) is 11.3 Å². The molecule has 4 rings (SSSR count). The van der Waals surface area contributed by atoms with E-state index in [2.05, 4.69) is 19.9 Å². The average Bonchev–Trinajstić information content (AvgIpc) is 3.31. The van der Waals surface area contributed by atoms with Gasteiger partial charge in [0.05, 0.1) is 17.4 Å². The molecule has 0 unspecified atom stereocenters. The molecular formula is C18H18F3N5O3S. The summed E-state index contributed by atoms with van der Waals surface area (Å²) in [5.41, 5.74) is 1.27. The Morgan fingerprint density at radius 1 is 1.23 bits per heavy atom. The Hall–Kier alpha value is -2.73. The second-order valence-corrected chi connectivity index (χ2v) is 8.79. The first kappa shape index (κ1) is 20.5. The Balaban J connectivity index is 1.47. The van der Waals surface area contributed by atoms with Gasteiger partial charge in [0, 0.05) is 25.5 Å². The number of alkyl halides is 3. The summed E-state index contributed by atoms with van der Waals surface area (Å²) in [6.07, 6.45) is -2.75. The Kier molecular flexibility index (Phi) is 5.14. The first-order valence-corrected chi connectivity index (χ1v) is 10.6. The van der Waals surface area contributed by atoms with Crippen molar-refractivity contribution in [3.63, 3.8) is 0 Å². The standard InChI is InChI=1S/C18H18F3N5O3S/c1-11-23-15(10-29-11)12-2-5-14(6-3-12)30(27,28)22-8-17-25-24-16-7-4-13(9-26(16)17)18(19,20)21/h2-3,5-6,10,13,22H,4,7-9H2,1H3/t13-/m1/s1. The van der Waals surface area contributed by atoms with Crippen LogP contribution < -0.4 is 4.72 Å². The zero-order valence-electron chi connectivity index (χ0n) is 15.8. The van der Waals surface area contributed by atoms with E-state index in [-0.39, 0.29) is 36.7 Å². The highest BCUT2D eigenvalue weighted by molar-refractivity contribution is 7.89. The molecule has 1 N–H and O–H groups in total. The molecule has 1 atom stereocenters. The number of oxazole rings is 1. The molecule has 2 aromatic heterocycles. The lowest BCUT2D eigenvalue weighted by Gasteiger charge is -2.26. The number of sulfonamides is 1. The van der Waals surface area contributed by atoms with Gasteiger partial charge >= 0.3 is 6.18 Å². The molecule has 0 spiro atoms. The highest BCUT2D eigenvalue weighted by Crippen LogP contribution is 2.34. The quantitative estimate of drug-likeness (QED) is 0.653. The highest BCUT2D eigenvalue weighted by Gasteiger charge is 2.42. The van der Waals surface area contributed by atoms with E-state index in [0.29, 0.717) is 23.0 Å². The summed E-state index contributed by atoms with van der Waals surface area (Å²) in [5.74, 6) is -0.425. The summed E-state index contributed by atoms with van der Waals surface area (Å²) in [6, 6.07) is 6.03. The van der Waals surface area contributed by atoms with Gasteiger partial charge in [-0.15, -0.1) is 10.2 Å². The van der Waals surface area contributed by atoms with Crippen LogP contribution in [0.1, 0.15) is 24.0 Å². The van der Waals surface area contributed by atoms with Crippen molar-refractivity contribution in [2.24, 2.45) is 5.92 Å². The van der Waals surface area contributed by atoms with E-state index in [1.807, 2.05) is 0 Å². The molecule has 1 aliphatic heterocycles. The number of halogens is 3. The third-order valence-corrected chi connectivity index (χ3v) is 6.40. The van der Waals surface area contributed by atoms with Crippen LogP contribution >= 0.6 is 0 Å². The molecule has 0 fully saturated rings. The molecule has 1 aliphatic rings. The Labute approximate surface area is 170 Å². The Morgan fingerprint density at radius 2 is 1.97 bits per heavy atom. The van der Waals surface area contributed by atoms with Gasteiger partial charge in [-0.05, 0) is 18.6 Å². The minimum atomic E-state index is -4.32. The number of benzene rings is 1. The molecule has 30 heavy (non-hydrogen) atoms. The molecule has 0 bridgehead atoms. The fourth-order valence-electron chi connectivity index (χ4n) is 3.32. The van der Waals surface area contributed by atoms with Crippen molar-refractivity contribution in [2.75, 3.05) is 0 Å². The molecule has 0 radical (unpaired) electrons. The van der Waals surface area contributed by atoms with Crippen molar-refractivity contribution in [1.82, 2.24) is 24.5 Å². The van der Waals surface area contributed by atoms with Gasteiger partial charge in [0.2, 0.25) is 10.0 Å². The molecular weight excluding hydrogens is 423 g/mol. The SMILES string of the molecule is Cc1nc(-c2ccc(S(=O)(=O)NCc3nnc4n3C[C@H](C(F)(F)F)CC4)cc2)co1. The third kappa shape index (κ3) is 4.10. The molecule has 3 heterocycles. The van der Waals surface area contributed by atoms with E-state index in [9.17, 15) is 21.6 Å². The molecule has 1 aromatic carbocycles. The number of rotatable bonds is 5. The number of fused-ring (bicyclic) bond motifs is 1. The fourth-order valence-corrected chi connectivity index (χ4v) is 4.30. The van der Waals surface area contributed by atoms with Crippen molar-refractivity contribution >= 4 is 10.0 Å². The summed E-state index contributed by atoms with van der Waals surface area (Å²) in [5, 5.41) is 7.76. The normalized spacial score (nSPS) is 17.1. The lowest BCUT2D eigenvalue weighted by molar-refractivity contribution is -0.182. The maximum Gasteiger partial charge on any atom is 0.393 e. The van der Waals surface area contributed by atoms with E-state index in [1.54, 1.807) is 19.1 Å². The van der Waals surface area contributed by atoms with Crippen LogP contribution in [0.2, 0.25) is 0 Å². The lowest BCUT2D eigenvalue weighted by Crippen LogP contribution is -2.34. The maximum atomic E-state index is 13.1. The number of nitrogens with one attached hydrogen (secondary N) is 1. The second-order valence-electron chi connectivity index (χ2n) is 7.02. The Bertz CT molecular complexity index is 1150. The third-order valence-electron chi connectivity index (χ3n) is 4.99. The topological polar surface area (TPSA) is 103 Å². The molecule has 0 aliphatic carbocycles. The molecule has 3 aromatic rings. The molecule has 0 saturated carbocycles. The van der Waals surface area contributed by atoms with Gasteiger partial charge in [-0.3, -0.25) is 0 Å². The smallest absolute Gasteiger partial charge is 0.393 e. The number of hydrogen-bond acceptors (Lipinski definition) is 6. The summed E-state index contributed by atoms with van der Waals surface area (Å²) in [7, 11) is -3.90. The van der Waals surface area contributed by atoms with Gasteiger partial charge < -0.3 is 8.98 Å². The van der Waals surface area contributed by atoms with E-state index in [4.69, 9.17) is 4.42 Å². The van der Waals surface area contributed by atoms with Crippen molar-refractivity contribution in [2.45, 2.75) is 43.9 Å². The second kappa shape index (κ2) is 7.51.